The Labute approximate surface area is 157 Å². The van der Waals surface area contributed by atoms with Crippen molar-refractivity contribution in [1.82, 2.24) is 9.88 Å². The number of likely N-dealkylation sites (tertiary alicyclic amines) is 1. The van der Waals surface area contributed by atoms with E-state index < -0.39 is 0 Å². The summed E-state index contributed by atoms with van der Waals surface area (Å²) in [5.74, 6) is -0.328. The topological polar surface area (TPSA) is 52.3 Å². The van der Waals surface area contributed by atoms with Crippen LogP contribution >= 0.6 is 22.9 Å². The smallest absolute Gasteiger partial charge is 0.133 e. The molecule has 6 heteroatoms. The van der Waals surface area contributed by atoms with E-state index in [1.54, 1.807) is 6.21 Å². The molecule has 0 radical (unpaired) electrons. The van der Waals surface area contributed by atoms with Crippen LogP contribution in [0.1, 0.15) is 35.0 Å². The van der Waals surface area contributed by atoms with Crippen LogP contribution in [0.25, 0.3) is 0 Å². The van der Waals surface area contributed by atoms with E-state index in [2.05, 4.69) is 33.1 Å². The van der Waals surface area contributed by atoms with E-state index in [1.165, 1.54) is 16.9 Å². The van der Waals surface area contributed by atoms with Gasteiger partial charge in [0.1, 0.15) is 10.9 Å². The summed E-state index contributed by atoms with van der Waals surface area (Å²) in [4.78, 5) is 11.5. The number of nitriles is 1. The molecule has 1 fully saturated rings. The van der Waals surface area contributed by atoms with Crippen LogP contribution in [0, 0.1) is 18.3 Å². The average Bonchev–Trinajstić information content (AvgIpc) is 3.05. The van der Waals surface area contributed by atoms with E-state index in [0.717, 1.165) is 48.2 Å². The second-order valence-electron chi connectivity index (χ2n) is 6.37. The van der Waals surface area contributed by atoms with E-state index in [9.17, 15) is 5.26 Å². The van der Waals surface area contributed by atoms with Crippen molar-refractivity contribution in [2.45, 2.75) is 38.3 Å². The Morgan fingerprint density at radius 1 is 1.40 bits per heavy atom. The highest BCUT2D eigenvalue weighted by Crippen LogP contribution is 2.21. The number of nitrogens with zero attached hydrogens (tertiary/aromatic N) is 4. The predicted octanol–water partition coefficient (Wildman–Crippen LogP) is 4.45. The van der Waals surface area contributed by atoms with Gasteiger partial charge in [0.05, 0.1) is 12.1 Å². The molecule has 3 rings (SSSR count). The van der Waals surface area contributed by atoms with E-state index in [1.807, 2.05) is 24.4 Å². The fourth-order valence-corrected chi connectivity index (χ4v) is 3.88. The summed E-state index contributed by atoms with van der Waals surface area (Å²) in [7, 11) is 0. The van der Waals surface area contributed by atoms with Crippen LogP contribution in [0.2, 0.25) is 5.02 Å². The van der Waals surface area contributed by atoms with Gasteiger partial charge in [-0.1, -0.05) is 23.7 Å². The van der Waals surface area contributed by atoms with Crippen molar-refractivity contribution >= 4 is 29.2 Å². The lowest BCUT2D eigenvalue weighted by molar-refractivity contribution is 0.206. The minimum atomic E-state index is -0.328. The highest BCUT2D eigenvalue weighted by atomic mass is 35.5. The molecule has 1 aromatic heterocycles. The molecule has 130 valence electrons. The van der Waals surface area contributed by atoms with Gasteiger partial charge in [0.2, 0.25) is 0 Å². The third-order valence-electron chi connectivity index (χ3n) is 4.36. The molecule has 2 aromatic rings. The second-order valence-corrected chi connectivity index (χ2v) is 7.69. The van der Waals surface area contributed by atoms with E-state index in [0.29, 0.717) is 6.04 Å². The van der Waals surface area contributed by atoms with Crippen LogP contribution in [0.5, 0.6) is 0 Å². The van der Waals surface area contributed by atoms with E-state index in [4.69, 9.17) is 11.6 Å². The molecule has 0 spiro atoms. The van der Waals surface area contributed by atoms with Gasteiger partial charge in [0, 0.05) is 41.9 Å². The molecule has 0 aliphatic carbocycles. The van der Waals surface area contributed by atoms with Gasteiger partial charge in [-0.2, -0.15) is 5.26 Å². The molecule has 1 atom stereocenters. The predicted molar refractivity (Wildman–Crippen MR) is 103 cm³/mol. The molecule has 4 nitrogen and oxygen atoms in total. The lowest BCUT2D eigenvalue weighted by Gasteiger charge is -2.30. The van der Waals surface area contributed by atoms with Crippen molar-refractivity contribution in [3.63, 3.8) is 0 Å². The van der Waals surface area contributed by atoms with Gasteiger partial charge in [0.25, 0.3) is 0 Å². The largest absolute Gasteiger partial charge is 0.299 e. The summed E-state index contributed by atoms with van der Waals surface area (Å²) in [5.41, 5.74) is 2.25. The standard InChI is InChI=1S/C19H21ClN4S/c1-14-13-25-19(23-14)16(10-21)11-22-18-6-8-24(9-7-18)12-15-2-4-17(20)5-3-15/h2-5,11,13,16,18H,6-9,12H2,1H3/t16-/m1/s1. The first-order chi connectivity index (χ1) is 12.1. The Kier molecular flexibility index (Phi) is 6.19. The van der Waals surface area contributed by atoms with Crippen LogP contribution < -0.4 is 0 Å². The van der Waals surface area contributed by atoms with Gasteiger partial charge < -0.3 is 0 Å². The first kappa shape index (κ1) is 18.1. The van der Waals surface area contributed by atoms with Crippen LogP contribution in [-0.4, -0.2) is 35.2 Å². The summed E-state index contributed by atoms with van der Waals surface area (Å²) >= 11 is 7.46. The molecule has 0 bridgehead atoms. The van der Waals surface area contributed by atoms with Crippen molar-refractivity contribution < 1.29 is 0 Å². The normalized spacial score (nSPS) is 17.6. The number of aliphatic imine (C=N–C) groups is 1. The van der Waals surface area contributed by atoms with Crippen molar-refractivity contribution in [2.75, 3.05) is 13.1 Å². The molecule has 1 aromatic carbocycles. The van der Waals surface area contributed by atoms with Crippen molar-refractivity contribution in [3.8, 4) is 6.07 Å². The summed E-state index contributed by atoms with van der Waals surface area (Å²) < 4.78 is 0. The average molecular weight is 373 g/mol. The zero-order chi connectivity index (χ0) is 17.6. The number of aryl methyl sites for hydroxylation is 1. The summed E-state index contributed by atoms with van der Waals surface area (Å²) in [6.07, 6.45) is 3.84. The maximum Gasteiger partial charge on any atom is 0.133 e. The molecular formula is C19H21ClN4S. The number of thiazole rings is 1. The number of benzene rings is 1. The van der Waals surface area contributed by atoms with Crippen molar-refractivity contribution in [2.24, 2.45) is 4.99 Å². The fraction of sp³-hybridized carbons (Fsp3) is 0.421. The minimum Gasteiger partial charge on any atom is -0.299 e. The highest BCUT2D eigenvalue weighted by molar-refractivity contribution is 7.09. The fourth-order valence-electron chi connectivity index (χ4n) is 2.95. The van der Waals surface area contributed by atoms with Gasteiger partial charge in [-0.05, 0) is 37.5 Å². The van der Waals surface area contributed by atoms with Gasteiger partial charge >= 0.3 is 0 Å². The summed E-state index contributed by atoms with van der Waals surface area (Å²) in [6.45, 7) is 4.95. The van der Waals surface area contributed by atoms with Crippen LogP contribution in [0.15, 0.2) is 34.6 Å². The quantitative estimate of drug-likeness (QED) is 0.728. The number of hydrogen-bond acceptors (Lipinski definition) is 5. The molecule has 0 N–H and O–H groups in total. The molecule has 0 amide bonds. The maximum absolute atomic E-state index is 9.35. The number of hydrogen-bond donors (Lipinski definition) is 0. The highest BCUT2D eigenvalue weighted by Gasteiger charge is 2.19. The monoisotopic (exact) mass is 372 g/mol. The van der Waals surface area contributed by atoms with Crippen LogP contribution in [0.4, 0.5) is 0 Å². The van der Waals surface area contributed by atoms with Gasteiger partial charge in [0.15, 0.2) is 0 Å². The molecule has 1 aliphatic rings. The molecule has 25 heavy (non-hydrogen) atoms. The van der Waals surface area contributed by atoms with Gasteiger partial charge in [-0.25, -0.2) is 4.98 Å². The SMILES string of the molecule is Cc1csc([C@H](C#N)C=NC2CCN(Cc3ccc(Cl)cc3)CC2)n1. The molecule has 0 unspecified atom stereocenters. The lowest BCUT2D eigenvalue weighted by Crippen LogP contribution is -2.34. The number of rotatable bonds is 5. The minimum absolute atomic E-state index is 0.304. The lowest BCUT2D eigenvalue weighted by atomic mass is 10.0. The van der Waals surface area contributed by atoms with Crippen molar-refractivity contribution in [3.05, 3.63) is 50.9 Å². The third kappa shape index (κ3) is 5.12. The molecule has 2 heterocycles. The van der Waals surface area contributed by atoms with Crippen LogP contribution in [-0.2, 0) is 6.54 Å². The Morgan fingerprint density at radius 3 is 2.72 bits per heavy atom. The first-order valence-electron chi connectivity index (χ1n) is 8.46. The van der Waals surface area contributed by atoms with Gasteiger partial charge in [-0.3, -0.25) is 9.89 Å². The zero-order valence-corrected chi connectivity index (χ0v) is 15.8. The number of piperidine rings is 1. The molecule has 1 saturated heterocycles. The second kappa shape index (κ2) is 8.57. The number of aromatic nitrogens is 1. The Hall–Kier alpha value is -1.74. The molecule has 1 aliphatic heterocycles. The Morgan fingerprint density at radius 2 is 2.12 bits per heavy atom. The Balaban J connectivity index is 1.50. The van der Waals surface area contributed by atoms with Gasteiger partial charge in [-0.15, -0.1) is 11.3 Å². The van der Waals surface area contributed by atoms with Crippen molar-refractivity contribution in [1.29, 1.82) is 5.26 Å². The Bertz CT molecular complexity index is 754. The zero-order valence-electron chi connectivity index (χ0n) is 14.2. The third-order valence-corrected chi connectivity index (χ3v) is 5.66. The maximum atomic E-state index is 9.35. The molecular weight excluding hydrogens is 352 g/mol. The number of halogens is 1. The summed E-state index contributed by atoms with van der Waals surface area (Å²) in [6, 6.07) is 10.6. The van der Waals surface area contributed by atoms with E-state index in [-0.39, 0.29) is 5.92 Å². The molecule has 0 saturated carbocycles. The van der Waals surface area contributed by atoms with Crippen LogP contribution in [0.3, 0.4) is 0 Å². The summed E-state index contributed by atoms with van der Waals surface area (Å²) in [5, 5.41) is 12.9. The van der Waals surface area contributed by atoms with E-state index >= 15 is 0 Å². The first-order valence-corrected chi connectivity index (χ1v) is 9.71.